The summed E-state index contributed by atoms with van der Waals surface area (Å²) in [5.74, 6) is 1.65. The second-order valence-corrected chi connectivity index (χ2v) is 20.0. The highest BCUT2D eigenvalue weighted by Gasteiger charge is 2.38. The van der Waals surface area contributed by atoms with E-state index >= 15 is 0 Å². The average Bonchev–Trinajstić information content (AvgIpc) is 3.28. The van der Waals surface area contributed by atoms with Crippen molar-refractivity contribution < 1.29 is 0 Å². The van der Waals surface area contributed by atoms with E-state index in [1.165, 1.54) is 218 Å². The number of aryl methyl sites for hydroxylation is 2. The molecule has 1 aliphatic rings. The Kier molecular flexibility index (Phi) is 21.5. The second-order valence-electron chi connectivity index (χ2n) is 20.0. The zero-order chi connectivity index (χ0) is 44.0. The Morgan fingerprint density at radius 1 is 0.452 bits per heavy atom. The van der Waals surface area contributed by atoms with Gasteiger partial charge in [-0.05, 0) is 127 Å². The van der Waals surface area contributed by atoms with Crippen LogP contribution in [0.3, 0.4) is 0 Å². The molecular weight excluding hydrogens is 749 g/mol. The molecule has 1 fully saturated rings. The molecule has 2 atom stereocenters. The van der Waals surface area contributed by atoms with E-state index in [0.29, 0.717) is 11.8 Å². The van der Waals surface area contributed by atoms with Gasteiger partial charge in [0.05, 0.1) is 0 Å². The van der Waals surface area contributed by atoms with Crippen LogP contribution in [0.2, 0.25) is 0 Å². The highest BCUT2D eigenvalue weighted by Crippen LogP contribution is 2.49. The summed E-state index contributed by atoms with van der Waals surface area (Å²) in [6.07, 6.45) is 36.1. The van der Waals surface area contributed by atoms with Crippen LogP contribution >= 0.6 is 0 Å². The number of hydrogen-bond donors (Lipinski definition) is 2. The summed E-state index contributed by atoms with van der Waals surface area (Å²) in [6, 6.07) is 33.4. The molecule has 0 aliphatic heterocycles. The van der Waals surface area contributed by atoms with E-state index in [-0.39, 0.29) is 5.41 Å². The van der Waals surface area contributed by atoms with Crippen molar-refractivity contribution in [2.24, 2.45) is 5.92 Å². The van der Waals surface area contributed by atoms with Crippen LogP contribution in [-0.4, -0.2) is 0 Å². The SMILES string of the molecule is CCCCCCCCCCC1CCC(c2ccc(C(CCCCCCCC)c3ccc(N)cc3C)cc2)(c2ccc(C(CCCCCCCC)c3ccc(N)cc3C)cc2)CC1. The van der Waals surface area contributed by atoms with Crippen LogP contribution in [0.15, 0.2) is 84.9 Å². The molecule has 2 heteroatoms. The van der Waals surface area contributed by atoms with Gasteiger partial charge in [0.1, 0.15) is 0 Å². The molecule has 0 radical (unpaired) electrons. The molecule has 2 nitrogen and oxygen atoms in total. The van der Waals surface area contributed by atoms with Crippen molar-refractivity contribution in [2.75, 3.05) is 11.5 Å². The summed E-state index contributed by atoms with van der Waals surface area (Å²) in [7, 11) is 0. The summed E-state index contributed by atoms with van der Waals surface area (Å²) in [5.41, 5.74) is 25.8. The molecule has 4 N–H and O–H groups in total. The quantitative estimate of drug-likeness (QED) is 0.0423. The average molecular weight is 839 g/mol. The molecule has 340 valence electrons. The van der Waals surface area contributed by atoms with Crippen molar-refractivity contribution in [1.82, 2.24) is 0 Å². The molecule has 0 bridgehead atoms. The molecular formula is C60H90N2. The van der Waals surface area contributed by atoms with Gasteiger partial charge in [-0.2, -0.15) is 0 Å². The molecule has 1 saturated carbocycles. The number of rotatable bonds is 29. The Balaban J connectivity index is 1.40. The van der Waals surface area contributed by atoms with Crippen molar-refractivity contribution in [3.05, 3.63) is 129 Å². The first-order valence-corrected chi connectivity index (χ1v) is 26.2. The van der Waals surface area contributed by atoms with E-state index in [1.807, 2.05) is 0 Å². The fraction of sp³-hybridized carbons (Fsp3) is 0.600. The maximum absolute atomic E-state index is 6.28. The minimum Gasteiger partial charge on any atom is -0.399 e. The minimum absolute atomic E-state index is 0.0462. The Bertz CT molecular complexity index is 1690. The molecule has 62 heavy (non-hydrogen) atoms. The lowest BCUT2D eigenvalue weighted by molar-refractivity contribution is 0.250. The monoisotopic (exact) mass is 839 g/mol. The minimum atomic E-state index is 0.0462. The van der Waals surface area contributed by atoms with Crippen molar-refractivity contribution in [1.29, 1.82) is 0 Å². The number of hydrogen-bond acceptors (Lipinski definition) is 2. The third kappa shape index (κ3) is 14.8. The molecule has 5 rings (SSSR count). The fourth-order valence-electron chi connectivity index (χ4n) is 11.3. The fourth-order valence-corrected chi connectivity index (χ4v) is 11.3. The maximum atomic E-state index is 6.28. The van der Waals surface area contributed by atoms with Gasteiger partial charge in [0.2, 0.25) is 0 Å². The number of nitrogens with two attached hydrogens (primary N) is 2. The zero-order valence-electron chi connectivity index (χ0n) is 40.6. The summed E-state index contributed by atoms with van der Waals surface area (Å²) in [6.45, 7) is 11.4. The lowest BCUT2D eigenvalue weighted by Gasteiger charge is -2.42. The van der Waals surface area contributed by atoms with Crippen LogP contribution in [0.5, 0.6) is 0 Å². The molecule has 0 heterocycles. The van der Waals surface area contributed by atoms with Crippen molar-refractivity contribution in [3.63, 3.8) is 0 Å². The Morgan fingerprint density at radius 2 is 0.806 bits per heavy atom. The third-order valence-electron chi connectivity index (χ3n) is 15.2. The van der Waals surface area contributed by atoms with E-state index in [2.05, 4.69) is 120 Å². The molecule has 2 unspecified atom stereocenters. The van der Waals surface area contributed by atoms with Crippen LogP contribution in [0.4, 0.5) is 11.4 Å². The van der Waals surface area contributed by atoms with Gasteiger partial charge < -0.3 is 11.5 Å². The topological polar surface area (TPSA) is 52.0 Å². The summed E-state index contributed by atoms with van der Waals surface area (Å²) >= 11 is 0. The maximum Gasteiger partial charge on any atom is 0.0316 e. The lowest BCUT2D eigenvalue weighted by Crippen LogP contribution is -2.33. The second kappa shape index (κ2) is 27.0. The van der Waals surface area contributed by atoms with Crippen LogP contribution in [0.1, 0.15) is 250 Å². The molecule has 4 aromatic carbocycles. The largest absolute Gasteiger partial charge is 0.399 e. The number of anilines is 2. The van der Waals surface area contributed by atoms with Crippen LogP contribution in [-0.2, 0) is 5.41 Å². The Hall–Kier alpha value is -3.52. The molecule has 0 aromatic heterocycles. The van der Waals surface area contributed by atoms with Crippen molar-refractivity contribution in [2.45, 2.75) is 225 Å². The van der Waals surface area contributed by atoms with Gasteiger partial charge in [0, 0.05) is 28.6 Å². The van der Waals surface area contributed by atoms with Crippen LogP contribution in [0.25, 0.3) is 0 Å². The highest BCUT2D eigenvalue weighted by atomic mass is 14.5. The molecule has 0 spiro atoms. The zero-order valence-corrected chi connectivity index (χ0v) is 40.6. The van der Waals surface area contributed by atoms with Gasteiger partial charge >= 0.3 is 0 Å². The van der Waals surface area contributed by atoms with Crippen LogP contribution < -0.4 is 11.5 Å². The van der Waals surface area contributed by atoms with Gasteiger partial charge in [-0.25, -0.2) is 0 Å². The highest BCUT2D eigenvalue weighted by molar-refractivity contribution is 5.51. The number of unbranched alkanes of at least 4 members (excludes halogenated alkanes) is 17. The molecule has 0 saturated heterocycles. The van der Waals surface area contributed by atoms with E-state index in [4.69, 9.17) is 11.5 Å². The van der Waals surface area contributed by atoms with Crippen molar-refractivity contribution in [3.8, 4) is 0 Å². The van der Waals surface area contributed by atoms with Gasteiger partial charge in [0.25, 0.3) is 0 Å². The first kappa shape index (κ1) is 49.5. The van der Waals surface area contributed by atoms with E-state index < -0.39 is 0 Å². The Labute approximate surface area is 381 Å². The van der Waals surface area contributed by atoms with Gasteiger partial charge in [-0.15, -0.1) is 0 Å². The normalized spacial score (nSPS) is 17.6. The first-order valence-electron chi connectivity index (χ1n) is 26.2. The van der Waals surface area contributed by atoms with Gasteiger partial charge in [0.15, 0.2) is 0 Å². The molecule has 0 amide bonds. The smallest absolute Gasteiger partial charge is 0.0316 e. The number of benzene rings is 4. The number of nitrogen functional groups attached to an aromatic ring is 2. The van der Waals surface area contributed by atoms with Crippen molar-refractivity contribution >= 4 is 11.4 Å². The predicted octanol–water partition coefficient (Wildman–Crippen LogP) is 18.2. The summed E-state index contributed by atoms with van der Waals surface area (Å²) < 4.78 is 0. The predicted molar refractivity (Wildman–Crippen MR) is 274 cm³/mol. The molecule has 4 aromatic rings. The van der Waals surface area contributed by atoms with E-state index in [1.54, 1.807) is 0 Å². The van der Waals surface area contributed by atoms with Gasteiger partial charge in [-0.1, -0.05) is 216 Å². The molecule has 1 aliphatic carbocycles. The lowest BCUT2D eigenvalue weighted by atomic mass is 9.62. The Morgan fingerprint density at radius 3 is 1.18 bits per heavy atom. The third-order valence-corrected chi connectivity index (χ3v) is 15.2. The first-order chi connectivity index (χ1) is 30.3. The van der Waals surface area contributed by atoms with Crippen LogP contribution in [0, 0.1) is 19.8 Å². The van der Waals surface area contributed by atoms with E-state index in [0.717, 1.165) is 17.3 Å². The van der Waals surface area contributed by atoms with E-state index in [9.17, 15) is 0 Å². The summed E-state index contributed by atoms with van der Waals surface area (Å²) in [5, 5.41) is 0. The van der Waals surface area contributed by atoms with Gasteiger partial charge in [-0.3, -0.25) is 0 Å². The summed E-state index contributed by atoms with van der Waals surface area (Å²) in [4.78, 5) is 0. The standard InChI is InChI=1S/C60H90N2/c1-6-9-12-15-18-19-20-23-26-49-41-43-60(44-42-49,52-33-29-50(30-34-52)58(27-24-21-16-13-10-7-2)56-39-37-54(61)45-47(56)4)53-35-31-51(32-36-53)59(28-25-22-17-14-11-8-3)57-40-38-55(62)46-48(57)5/h29-40,45-46,49,58-59H,6-28,41-44,61-62H2,1-5H3.